The zero-order chi connectivity index (χ0) is 29.2. The molecule has 0 spiro atoms. The summed E-state index contributed by atoms with van der Waals surface area (Å²) in [4.78, 5) is 24.5. The van der Waals surface area contributed by atoms with Gasteiger partial charge < -0.3 is 34.7 Å². The number of amides is 2. The van der Waals surface area contributed by atoms with Crippen LogP contribution in [0.4, 0.5) is 4.79 Å². The number of nitrogens with zero attached hydrogens (tertiary/aromatic N) is 1. The van der Waals surface area contributed by atoms with Gasteiger partial charge in [0.05, 0.1) is 36.6 Å². The largest absolute Gasteiger partial charge is 0.490 e. The molecule has 40 heavy (non-hydrogen) atoms. The fraction of sp³-hybridized carbons (Fsp3) is 0.296. The minimum absolute atomic E-state index is 0.00303. The molecule has 0 saturated carbocycles. The molecule has 1 aliphatic rings. The van der Waals surface area contributed by atoms with Crippen molar-refractivity contribution in [3.05, 3.63) is 62.8 Å². The van der Waals surface area contributed by atoms with Gasteiger partial charge in [-0.1, -0.05) is 35.2 Å². The summed E-state index contributed by atoms with van der Waals surface area (Å²) in [6.07, 6.45) is 5.41. The molecule has 2 atom stereocenters. The third kappa shape index (κ3) is 7.72. The van der Waals surface area contributed by atoms with Gasteiger partial charge in [-0.15, -0.1) is 6.42 Å². The molecule has 0 unspecified atom stereocenters. The zero-order valence-electron chi connectivity index (χ0n) is 21.9. The molecule has 0 fully saturated rings. The molecule has 1 heterocycles. The average molecular weight is 591 g/mol. The number of rotatable bonds is 12. The van der Waals surface area contributed by atoms with Crippen LogP contribution in [-0.4, -0.2) is 56.5 Å². The Labute approximate surface area is 241 Å². The van der Waals surface area contributed by atoms with Gasteiger partial charge in [0.2, 0.25) is 0 Å². The lowest BCUT2D eigenvalue weighted by Crippen LogP contribution is -2.45. The summed E-state index contributed by atoms with van der Waals surface area (Å²) in [5.74, 6) is 2.73. The fourth-order valence-corrected chi connectivity index (χ4v) is 4.32. The lowest BCUT2D eigenvalue weighted by atomic mass is 9.95. The molecule has 0 aliphatic carbocycles. The number of hydrazone groups is 1. The first-order chi connectivity index (χ1) is 19.2. The molecular formula is C27H28Cl2N4O7. The van der Waals surface area contributed by atoms with Gasteiger partial charge in [-0.05, 0) is 43.7 Å². The van der Waals surface area contributed by atoms with Gasteiger partial charge in [0, 0.05) is 16.3 Å². The third-order valence-corrected chi connectivity index (χ3v) is 5.94. The fourth-order valence-electron chi connectivity index (χ4n) is 3.76. The average Bonchev–Trinajstić information content (AvgIpc) is 2.91. The van der Waals surface area contributed by atoms with Crippen molar-refractivity contribution in [1.29, 1.82) is 0 Å². The van der Waals surface area contributed by atoms with E-state index >= 15 is 0 Å². The lowest BCUT2D eigenvalue weighted by molar-refractivity contribution is -0.136. The molecule has 13 heteroatoms. The molecule has 0 radical (unpaired) electrons. The van der Waals surface area contributed by atoms with E-state index in [0.29, 0.717) is 45.7 Å². The molecule has 0 bridgehead atoms. The smallest absolute Gasteiger partial charge is 0.337 e. The molecule has 4 N–H and O–H groups in total. The maximum Gasteiger partial charge on any atom is 0.337 e. The highest BCUT2D eigenvalue weighted by Gasteiger charge is 2.32. The summed E-state index contributed by atoms with van der Waals surface area (Å²) in [5, 5.41) is 20.3. The molecule has 2 aromatic carbocycles. The summed E-state index contributed by atoms with van der Waals surface area (Å²) >= 11 is 12.3. The number of aliphatic hydroxyl groups is 1. The van der Waals surface area contributed by atoms with E-state index in [9.17, 15) is 14.7 Å². The Kier molecular flexibility index (Phi) is 10.9. The van der Waals surface area contributed by atoms with E-state index in [1.807, 2.05) is 0 Å². The minimum atomic E-state index is -1.21. The molecule has 212 valence electrons. The number of carbonyl (C=O) groups is 2. The Morgan fingerprint density at radius 1 is 1.25 bits per heavy atom. The van der Waals surface area contributed by atoms with Gasteiger partial charge >= 0.3 is 12.0 Å². The van der Waals surface area contributed by atoms with Gasteiger partial charge in [0.15, 0.2) is 17.7 Å². The molecule has 3 rings (SSSR count). The topological polar surface area (TPSA) is 140 Å². The highest BCUT2D eigenvalue weighted by molar-refractivity contribution is 6.36. The number of hydrogen-bond acceptors (Lipinski definition) is 9. The molecule has 11 nitrogen and oxygen atoms in total. The first-order valence-electron chi connectivity index (χ1n) is 12.0. The second kappa shape index (κ2) is 14.3. The lowest BCUT2D eigenvalue weighted by Gasteiger charge is -2.28. The van der Waals surface area contributed by atoms with Crippen molar-refractivity contribution in [3.8, 4) is 29.6 Å². The highest BCUT2D eigenvalue weighted by Crippen LogP contribution is 2.35. The van der Waals surface area contributed by atoms with Gasteiger partial charge in [0.1, 0.15) is 19.0 Å². The Bertz CT molecular complexity index is 1360. The number of aliphatic hydroxyl groups excluding tert-OH is 1. The predicted molar refractivity (Wildman–Crippen MR) is 150 cm³/mol. The Balaban J connectivity index is 1.72. The van der Waals surface area contributed by atoms with E-state index in [1.54, 1.807) is 38.1 Å². The van der Waals surface area contributed by atoms with Crippen LogP contribution in [-0.2, 0) is 9.53 Å². The normalized spacial score (nSPS) is 15.5. The van der Waals surface area contributed by atoms with Crippen LogP contribution < -0.4 is 30.3 Å². The molecule has 1 aliphatic heterocycles. The summed E-state index contributed by atoms with van der Waals surface area (Å²) in [6, 6.07) is 6.78. The first-order valence-corrected chi connectivity index (χ1v) is 12.7. The Hall–Kier alpha value is -4.11. The second-order valence-electron chi connectivity index (χ2n) is 8.21. The predicted octanol–water partition coefficient (Wildman–Crippen LogP) is 3.53. The van der Waals surface area contributed by atoms with Crippen LogP contribution in [0.2, 0.25) is 10.0 Å². The summed E-state index contributed by atoms with van der Waals surface area (Å²) < 4.78 is 21.8. The van der Waals surface area contributed by atoms with Crippen molar-refractivity contribution in [3.63, 3.8) is 0 Å². The van der Waals surface area contributed by atoms with Crippen LogP contribution >= 0.6 is 23.2 Å². The number of ether oxygens (including phenoxy) is 4. The standard InChI is InChI=1S/C27H28Cl2N4O7/c1-5-9-39-25-17(10-18(28)12-19(25)29)13-30-33-22(34)14-40-20-8-7-16(11-21(20)38-6-2)24-23(26(35)37-4)15(3)31-27(36)32-24/h1,7-8,10-13,22,24,33-34H,6,9,14H2,2-4H3,(H2,31,32,36)/b30-13+/t22-,24-/m1/s1. The van der Waals surface area contributed by atoms with Crippen molar-refractivity contribution in [2.75, 3.05) is 26.9 Å². The Morgan fingerprint density at radius 2 is 2.02 bits per heavy atom. The minimum Gasteiger partial charge on any atom is -0.490 e. The SMILES string of the molecule is C#CCOc1c(Cl)cc(Cl)cc1/C=N/N[C@H](O)COc1ccc([C@H]2NC(=O)NC(C)=C2C(=O)OC)cc1OCC. The van der Waals surface area contributed by atoms with E-state index in [-0.39, 0.29) is 23.8 Å². The summed E-state index contributed by atoms with van der Waals surface area (Å²) in [6.45, 7) is 3.51. The number of carbonyl (C=O) groups excluding carboxylic acids is 2. The maximum absolute atomic E-state index is 12.4. The van der Waals surface area contributed by atoms with Crippen molar-refractivity contribution in [2.45, 2.75) is 26.1 Å². The monoisotopic (exact) mass is 590 g/mol. The quantitative estimate of drug-likeness (QED) is 0.0967. The van der Waals surface area contributed by atoms with E-state index < -0.39 is 24.3 Å². The second-order valence-corrected chi connectivity index (χ2v) is 9.06. The molecular weight excluding hydrogens is 563 g/mol. The molecule has 0 saturated heterocycles. The number of nitrogens with one attached hydrogen (secondary N) is 3. The Morgan fingerprint density at radius 3 is 2.73 bits per heavy atom. The highest BCUT2D eigenvalue weighted by atomic mass is 35.5. The third-order valence-electron chi connectivity index (χ3n) is 5.44. The number of esters is 1. The van der Waals surface area contributed by atoms with E-state index in [2.05, 4.69) is 27.1 Å². The van der Waals surface area contributed by atoms with Crippen molar-refractivity contribution < 1.29 is 33.6 Å². The number of hydrogen-bond donors (Lipinski definition) is 4. The van der Waals surface area contributed by atoms with E-state index in [0.717, 1.165) is 0 Å². The first kappa shape index (κ1) is 30.4. The van der Waals surface area contributed by atoms with Crippen LogP contribution in [0.25, 0.3) is 0 Å². The van der Waals surface area contributed by atoms with E-state index in [1.165, 1.54) is 19.4 Å². The van der Waals surface area contributed by atoms with Gasteiger partial charge in [-0.2, -0.15) is 5.10 Å². The maximum atomic E-state index is 12.4. The molecule has 2 aromatic rings. The molecule has 2 amide bonds. The zero-order valence-corrected chi connectivity index (χ0v) is 23.4. The number of urea groups is 1. The van der Waals surface area contributed by atoms with Crippen LogP contribution in [0.15, 0.2) is 46.7 Å². The van der Waals surface area contributed by atoms with Gasteiger partial charge in [-0.3, -0.25) is 5.43 Å². The van der Waals surface area contributed by atoms with Crippen molar-refractivity contribution >= 4 is 41.4 Å². The van der Waals surface area contributed by atoms with Crippen molar-refractivity contribution in [1.82, 2.24) is 16.1 Å². The van der Waals surface area contributed by atoms with Crippen LogP contribution in [0, 0.1) is 12.3 Å². The number of allylic oxidation sites excluding steroid dienone is 1. The van der Waals surface area contributed by atoms with Gasteiger partial charge in [-0.25, -0.2) is 9.59 Å². The number of halogens is 2. The molecule has 0 aromatic heterocycles. The summed E-state index contributed by atoms with van der Waals surface area (Å²) in [7, 11) is 1.26. The van der Waals surface area contributed by atoms with Crippen molar-refractivity contribution in [2.24, 2.45) is 5.10 Å². The van der Waals surface area contributed by atoms with E-state index in [4.69, 9.17) is 48.6 Å². The van der Waals surface area contributed by atoms with Gasteiger partial charge in [0.25, 0.3) is 0 Å². The summed E-state index contributed by atoms with van der Waals surface area (Å²) in [5.41, 5.74) is 4.18. The van der Waals surface area contributed by atoms with Crippen LogP contribution in [0.1, 0.15) is 31.0 Å². The number of benzene rings is 2. The number of methoxy groups -OCH3 is 1. The number of terminal acetylenes is 1. The van der Waals surface area contributed by atoms with Crippen LogP contribution in [0.3, 0.4) is 0 Å². The van der Waals surface area contributed by atoms with Crippen LogP contribution in [0.5, 0.6) is 17.2 Å².